The summed E-state index contributed by atoms with van der Waals surface area (Å²) in [5.74, 6) is -0.101. The van der Waals surface area contributed by atoms with E-state index in [0.717, 1.165) is 0 Å². The summed E-state index contributed by atoms with van der Waals surface area (Å²) >= 11 is 0. The molecule has 2 unspecified atom stereocenters. The number of alkyl halides is 6. The number of nitrogens with zero attached hydrogens (tertiary/aromatic N) is 5. The first-order valence-corrected chi connectivity index (χ1v) is 13.0. The number of amides is 1. The molecule has 2 atom stereocenters. The van der Waals surface area contributed by atoms with Gasteiger partial charge in [0, 0.05) is 18.2 Å². The van der Waals surface area contributed by atoms with Gasteiger partial charge in [-0.3, -0.25) is 10.6 Å². The number of nitrogen functional groups attached to an aromatic ring is 1. The monoisotopic (exact) mass is 603 g/mol. The number of carbonyl (C=O) groups excluding carboxylic acids is 1. The molecule has 1 aliphatic heterocycles. The van der Waals surface area contributed by atoms with Crippen LogP contribution in [0.25, 0.3) is 0 Å². The molecule has 1 aromatic carbocycles. The molecule has 0 radical (unpaired) electrons. The lowest BCUT2D eigenvalue weighted by Crippen LogP contribution is -2.52. The van der Waals surface area contributed by atoms with Crippen molar-refractivity contribution in [1.29, 1.82) is 0 Å². The Hall–Kier alpha value is -4.11. The summed E-state index contributed by atoms with van der Waals surface area (Å²) in [5.41, 5.74) is 10.4. The van der Waals surface area contributed by atoms with Crippen molar-refractivity contribution in [3.05, 3.63) is 52.2 Å². The quantitative estimate of drug-likeness (QED) is 0.141. The number of pyridine rings is 1. The molecule has 1 amide bonds. The molecule has 1 aliphatic rings. The van der Waals surface area contributed by atoms with Crippen molar-refractivity contribution in [1.82, 2.24) is 4.90 Å². The lowest BCUT2D eigenvalue weighted by atomic mass is 9.91. The number of carbonyl (C=O) groups is 1. The second-order valence-electron chi connectivity index (χ2n) is 10.1. The third-order valence-electron chi connectivity index (χ3n) is 6.69. The minimum atomic E-state index is -5.04. The summed E-state index contributed by atoms with van der Waals surface area (Å²) in [5, 5.41) is 10.8. The summed E-state index contributed by atoms with van der Waals surface area (Å²) in [4.78, 5) is 19.0. The molecular weight excluding hydrogens is 570 g/mol. The number of rotatable bonds is 6. The van der Waals surface area contributed by atoms with Crippen LogP contribution in [-0.2, 0) is 23.6 Å². The molecule has 0 spiro atoms. The van der Waals surface area contributed by atoms with E-state index in [0.29, 0.717) is 35.5 Å². The highest BCUT2D eigenvalue weighted by Gasteiger charge is 2.43. The highest BCUT2D eigenvalue weighted by Crippen LogP contribution is 2.42. The second-order valence-corrected chi connectivity index (χ2v) is 10.1. The van der Waals surface area contributed by atoms with Crippen LogP contribution in [-0.4, -0.2) is 36.1 Å². The Morgan fingerprint density at radius 2 is 1.74 bits per heavy atom. The van der Waals surface area contributed by atoms with Crippen molar-refractivity contribution in [3.8, 4) is 0 Å². The molecule has 2 heterocycles. The fourth-order valence-corrected chi connectivity index (χ4v) is 4.74. The van der Waals surface area contributed by atoms with Gasteiger partial charge in [-0.25, -0.2) is 9.78 Å². The smallest absolute Gasteiger partial charge is 0.416 e. The third-order valence-corrected chi connectivity index (χ3v) is 6.69. The van der Waals surface area contributed by atoms with E-state index < -0.39 is 54.3 Å². The number of fused-ring (bicyclic) bond motifs is 1. The molecular formula is C26H33F6N8O2+. The first-order chi connectivity index (χ1) is 19.5. The Balaban J connectivity index is 2.25. The van der Waals surface area contributed by atoms with E-state index in [1.54, 1.807) is 26.8 Å². The van der Waals surface area contributed by atoms with E-state index >= 15 is 0 Å². The summed E-state index contributed by atoms with van der Waals surface area (Å²) < 4.78 is 87.2. The van der Waals surface area contributed by atoms with Gasteiger partial charge < -0.3 is 15.4 Å². The van der Waals surface area contributed by atoms with Crippen LogP contribution in [0.4, 0.5) is 42.6 Å². The number of H-pyrrole nitrogens is 1. The van der Waals surface area contributed by atoms with Crippen LogP contribution in [0.15, 0.2) is 39.7 Å². The minimum absolute atomic E-state index is 0.0507. The number of nitrogens with two attached hydrogens (primary N) is 2. The Morgan fingerprint density at radius 3 is 2.24 bits per heavy atom. The molecule has 1 aromatic heterocycles. The molecule has 5 N–H and O–H groups in total. The number of aromatic nitrogens is 1. The van der Waals surface area contributed by atoms with Crippen LogP contribution in [0.5, 0.6) is 0 Å². The van der Waals surface area contributed by atoms with Gasteiger partial charge in [-0.2, -0.15) is 31.5 Å². The Morgan fingerprint density at radius 1 is 1.14 bits per heavy atom. The molecule has 0 aliphatic carbocycles. The maximum Gasteiger partial charge on any atom is 0.416 e. The number of halogens is 6. The average molecular weight is 604 g/mol. The number of guanidine groups is 1. The highest BCUT2D eigenvalue weighted by atomic mass is 19.4. The molecule has 2 aromatic rings. The van der Waals surface area contributed by atoms with Crippen molar-refractivity contribution in [2.45, 2.75) is 77.6 Å². The summed E-state index contributed by atoms with van der Waals surface area (Å²) in [6.07, 6.45) is -10.6. The fraction of sp³-hybridized carbons (Fsp3) is 0.500. The van der Waals surface area contributed by atoms with Gasteiger partial charge in [0.1, 0.15) is 5.69 Å². The molecule has 16 heteroatoms. The number of aryl methyl sites for hydroxylation is 1. The van der Waals surface area contributed by atoms with Crippen molar-refractivity contribution in [2.24, 2.45) is 21.2 Å². The second kappa shape index (κ2) is 12.4. The Labute approximate surface area is 238 Å². The number of aromatic amines is 1. The number of anilines is 2. The predicted molar refractivity (Wildman–Crippen MR) is 142 cm³/mol. The van der Waals surface area contributed by atoms with E-state index in [1.807, 2.05) is 6.92 Å². The molecule has 0 saturated carbocycles. The topological polar surface area (TPSA) is 136 Å². The van der Waals surface area contributed by atoms with Gasteiger partial charge in [-0.05, 0) is 68.7 Å². The molecule has 3 rings (SSSR count). The van der Waals surface area contributed by atoms with Gasteiger partial charge in [0.05, 0.1) is 36.0 Å². The fourth-order valence-electron chi connectivity index (χ4n) is 4.74. The SMILES string of the molecule is CCC1CC(N(Cc2cc(C(F)(F)F)cc(C(F)(F)F)c2)/C(N)=N/N=NC)c2[nH+]c(N)c(C)cc2N1C(=O)OC(C)C. The van der Waals surface area contributed by atoms with Crippen molar-refractivity contribution < 1.29 is 40.9 Å². The summed E-state index contributed by atoms with van der Waals surface area (Å²) in [6.45, 7) is 6.39. The standard InChI is InChI=1S/C26H32F6N8O2/c1-6-18-11-19(21-20(7-14(4)22(33)36-21)40(18)24(41)42-13(2)3)39(23(34)37-38-35-5)12-15-8-16(25(27,28)29)10-17(9-15)26(30,31)32/h7-10,13,18-19H,6,11-12H2,1-5H3,(H2,33,36)(H2,34,35,37)/p+1. The van der Waals surface area contributed by atoms with Crippen LogP contribution >= 0.6 is 0 Å². The Bertz CT molecular complexity index is 1330. The zero-order chi connectivity index (χ0) is 31.6. The van der Waals surface area contributed by atoms with Crippen molar-refractivity contribution in [2.75, 3.05) is 17.7 Å². The zero-order valence-corrected chi connectivity index (χ0v) is 23.6. The summed E-state index contributed by atoms with van der Waals surface area (Å²) in [7, 11) is 1.31. The van der Waals surface area contributed by atoms with E-state index in [-0.39, 0.29) is 29.8 Å². The van der Waals surface area contributed by atoms with Gasteiger partial charge in [-0.1, -0.05) is 12.0 Å². The number of ether oxygens (including phenoxy) is 1. The number of nitrogens with one attached hydrogen (secondary N) is 1. The van der Waals surface area contributed by atoms with Gasteiger partial charge in [0.15, 0.2) is 0 Å². The van der Waals surface area contributed by atoms with E-state index in [2.05, 4.69) is 20.4 Å². The maximum atomic E-state index is 13.6. The molecule has 10 nitrogen and oxygen atoms in total. The maximum absolute atomic E-state index is 13.6. The number of hydrogen-bond acceptors (Lipinski definition) is 5. The molecule has 0 bridgehead atoms. The normalized spacial score (nSPS) is 18.0. The molecule has 0 saturated heterocycles. The van der Waals surface area contributed by atoms with Crippen LogP contribution < -0.4 is 21.4 Å². The van der Waals surface area contributed by atoms with Crippen LogP contribution in [0.2, 0.25) is 0 Å². The van der Waals surface area contributed by atoms with Crippen LogP contribution in [0.3, 0.4) is 0 Å². The molecule has 230 valence electrons. The minimum Gasteiger partial charge on any atom is -0.446 e. The average Bonchev–Trinajstić information content (AvgIpc) is 2.88. The van der Waals surface area contributed by atoms with Gasteiger partial charge >= 0.3 is 18.4 Å². The van der Waals surface area contributed by atoms with Crippen molar-refractivity contribution in [3.63, 3.8) is 0 Å². The predicted octanol–water partition coefficient (Wildman–Crippen LogP) is 5.82. The first kappa shape index (κ1) is 32.4. The lowest BCUT2D eigenvalue weighted by Gasteiger charge is -2.42. The summed E-state index contributed by atoms with van der Waals surface area (Å²) in [6, 6.07) is 1.61. The Kier molecular flexibility index (Phi) is 9.57. The lowest BCUT2D eigenvalue weighted by molar-refractivity contribution is -0.379. The van der Waals surface area contributed by atoms with Crippen LogP contribution in [0, 0.1) is 6.92 Å². The van der Waals surface area contributed by atoms with Gasteiger partial charge in [0.25, 0.3) is 5.82 Å². The third kappa shape index (κ3) is 7.20. The largest absolute Gasteiger partial charge is 0.446 e. The molecule has 42 heavy (non-hydrogen) atoms. The molecule has 0 fully saturated rings. The highest BCUT2D eigenvalue weighted by molar-refractivity contribution is 5.90. The van der Waals surface area contributed by atoms with E-state index in [1.165, 1.54) is 16.8 Å². The van der Waals surface area contributed by atoms with E-state index in [4.69, 9.17) is 16.2 Å². The van der Waals surface area contributed by atoms with Crippen LogP contribution in [0.1, 0.15) is 67.6 Å². The van der Waals surface area contributed by atoms with Gasteiger partial charge in [-0.15, -0.1) is 0 Å². The van der Waals surface area contributed by atoms with E-state index in [9.17, 15) is 31.1 Å². The zero-order valence-electron chi connectivity index (χ0n) is 23.6. The number of benzene rings is 1. The van der Waals surface area contributed by atoms with Gasteiger partial charge in [0.2, 0.25) is 5.96 Å². The number of hydrogen-bond donors (Lipinski definition) is 2. The van der Waals surface area contributed by atoms with Crippen molar-refractivity contribution >= 4 is 23.6 Å². The first-order valence-electron chi connectivity index (χ1n) is 13.0.